The number of carbonyl (C=O) groups is 2. The molecule has 0 aliphatic rings. The molecule has 0 radical (unpaired) electrons. The molecular formula is C16H21ClFNO3. The molecule has 0 saturated heterocycles. The number of alkyl carbamates (subject to hydrolysis) is 1. The predicted octanol–water partition coefficient (Wildman–Crippen LogP) is 4.36. The Labute approximate surface area is 135 Å². The van der Waals surface area contributed by atoms with Crippen molar-refractivity contribution in [3.63, 3.8) is 0 Å². The van der Waals surface area contributed by atoms with Gasteiger partial charge in [0.2, 0.25) is 0 Å². The van der Waals surface area contributed by atoms with Crippen LogP contribution >= 0.6 is 11.6 Å². The molecule has 0 spiro atoms. The fourth-order valence-electron chi connectivity index (χ4n) is 1.74. The van der Waals surface area contributed by atoms with E-state index in [2.05, 4.69) is 5.32 Å². The van der Waals surface area contributed by atoms with Crippen LogP contribution in [-0.2, 0) is 4.74 Å². The molecule has 0 aliphatic carbocycles. The zero-order valence-corrected chi connectivity index (χ0v) is 14.0. The molecule has 0 saturated carbocycles. The van der Waals surface area contributed by atoms with Crippen molar-refractivity contribution in [3.05, 3.63) is 34.6 Å². The lowest BCUT2D eigenvalue weighted by molar-refractivity contribution is 0.0504. The van der Waals surface area contributed by atoms with E-state index in [9.17, 15) is 14.0 Å². The van der Waals surface area contributed by atoms with Gasteiger partial charge in [-0.1, -0.05) is 11.6 Å². The smallest absolute Gasteiger partial charge is 0.407 e. The lowest BCUT2D eigenvalue weighted by Gasteiger charge is -2.21. The maximum Gasteiger partial charge on any atom is 0.407 e. The van der Waals surface area contributed by atoms with Crippen molar-refractivity contribution in [2.75, 3.05) is 0 Å². The monoisotopic (exact) mass is 329 g/mol. The first-order valence-electron chi connectivity index (χ1n) is 7.06. The molecule has 6 heteroatoms. The van der Waals surface area contributed by atoms with Gasteiger partial charge in [0.1, 0.15) is 11.4 Å². The highest BCUT2D eigenvalue weighted by Crippen LogP contribution is 2.18. The highest BCUT2D eigenvalue weighted by molar-refractivity contribution is 6.31. The molecule has 0 aliphatic heterocycles. The summed E-state index contributed by atoms with van der Waals surface area (Å²) < 4.78 is 18.2. The van der Waals surface area contributed by atoms with Crippen LogP contribution in [0.3, 0.4) is 0 Å². The number of halogens is 2. The zero-order chi connectivity index (χ0) is 16.9. The first-order chi connectivity index (χ1) is 10.1. The van der Waals surface area contributed by atoms with Crippen LogP contribution in [0.25, 0.3) is 0 Å². The Morgan fingerprint density at radius 1 is 1.36 bits per heavy atom. The molecule has 0 aromatic heterocycles. The minimum atomic E-state index is -0.565. The van der Waals surface area contributed by atoms with Crippen LogP contribution in [-0.4, -0.2) is 23.5 Å². The predicted molar refractivity (Wildman–Crippen MR) is 83.8 cm³/mol. The number of hydrogen-bond donors (Lipinski definition) is 1. The minimum absolute atomic E-state index is 0.0780. The van der Waals surface area contributed by atoms with Crippen LogP contribution in [0.15, 0.2) is 18.2 Å². The van der Waals surface area contributed by atoms with E-state index in [0.29, 0.717) is 12.0 Å². The molecule has 1 unspecified atom stereocenters. The van der Waals surface area contributed by atoms with Gasteiger partial charge in [-0.2, -0.15) is 0 Å². The van der Waals surface area contributed by atoms with Gasteiger partial charge >= 0.3 is 6.09 Å². The Kier molecular flexibility index (Phi) is 6.35. The maximum atomic E-state index is 13.1. The molecule has 0 bridgehead atoms. The summed E-state index contributed by atoms with van der Waals surface area (Å²) in [6.45, 7) is 7.12. The third kappa shape index (κ3) is 6.43. The topological polar surface area (TPSA) is 55.4 Å². The minimum Gasteiger partial charge on any atom is -0.444 e. The standard InChI is InChI=1S/C16H21ClFNO3/c1-10(19-15(21)22-16(2,3)4)5-8-14(20)11-6-7-13(18)12(17)9-11/h6-7,9-10H,5,8H2,1-4H3,(H,19,21). The van der Waals surface area contributed by atoms with E-state index < -0.39 is 17.5 Å². The van der Waals surface area contributed by atoms with Crippen molar-refractivity contribution in [1.82, 2.24) is 5.32 Å². The van der Waals surface area contributed by atoms with E-state index in [1.807, 2.05) is 0 Å². The van der Waals surface area contributed by atoms with Gasteiger partial charge in [-0.3, -0.25) is 4.79 Å². The Morgan fingerprint density at radius 2 is 2.00 bits per heavy atom. The SMILES string of the molecule is CC(CCC(=O)c1ccc(F)c(Cl)c1)NC(=O)OC(C)(C)C. The summed E-state index contributed by atoms with van der Waals surface area (Å²) in [6, 6.07) is 3.66. The van der Waals surface area contributed by atoms with Crippen LogP contribution < -0.4 is 5.32 Å². The number of carbonyl (C=O) groups excluding carboxylic acids is 2. The van der Waals surface area contributed by atoms with Crippen molar-refractivity contribution in [2.45, 2.75) is 52.2 Å². The second-order valence-corrected chi connectivity index (χ2v) is 6.55. The molecule has 0 heterocycles. The van der Waals surface area contributed by atoms with Crippen molar-refractivity contribution in [1.29, 1.82) is 0 Å². The summed E-state index contributed by atoms with van der Waals surface area (Å²) in [5.74, 6) is -0.710. The quantitative estimate of drug-likeness (QED) is 0.817. The van der Waals surface area contributed by atoms with Crippen molar-refractivity contribution in [2.24, 2.45) is 0 Å². The number of rotatable bonds is 5. The molecular weight excluding hydrogens is 309 g/mol. The first kappa shape index (κ1) is 18.4. The Hall–Kier alpha value is -1.62. The first-order valence-corrected chi connectivity index (χ1v) is 7.44. The van der Waals surface area contributed by atoms with E-state index in [1.54, 1.807) is 27.7 Å². The number of benzene rings is 1. The fourth-order valence-corrected chi connectivity index (χ4v) is 1.92. The number of nitrogens with one attached hydrogen (secondary N) is 1. The number of hydrogen-bond acceptors (Lipinski definition) is 3. The summed E-state index contributed by atoms with van der Waals surface area (Å²) in [5.41, 5.74) is -0.208. The van der Waals surface area contributed by atoms with E-state index in [-0.39, 0.29) is 23.3 Å². The molecule has 122 valence electrons. The molecule has 1 aromatic carbocycles. The van der Waals surface area contributed by atoms with Crippen molar-refractivity contribution < 1.29 is 18.7 Å². The summed E-state index contributed by atoms with van der Waals surface area (Å²) in [4.78, 5) is 23.6. The lowest BCUT2D eigenvalue weighted by atomic mass is 10.0. The normalized spacial score (nSPS) is 12.6. The van der Waals surface area contributed by atoms with Crippen molar-refractivity contribution >= 4 is 23.5 Å². The third-order valence-electron chi connectivity index (χ3n) is 2.81. The van der Waals surface area contributed by atoms with Crippen molar-refractivity contribution in [3.8, 4) is 0 Å². The molecule has 22 heavy (non-hydrogen) atoms. The van der Waals surface area contributed by atoms with Crippen LogP contribution in [0.5, 0.6) is 0 Å². The van der Waals surface area contributed by atoms with Gasteiger partial charge in [0, 0.05) is 18.0 Å². The van der Waals surface area contributed by atoms with E-state index in [1.165, 1.54) is 12.1 Å². The van der Waals surface area contributed by atoms with E-state index in [4.69, 9.17) is 16.3 Å². The molecule has 1 N–H and O–H groups in total. The Morgan fingerprint density at radius 3 is 2.55 bits per heavy atom. The Balaban J connectivity index is 2.46. The third-order valence-corrected chi connectivity index (χ3v) is 3.10. The molecule has 0 fully saturated rings. The Bertz CT molecular complexity index is 555. The van der Waals surface area contributed by atoms with Crippen LogP contribution in [0.1, 0.15) is 50.9 Å². The molecule has 1 amide bonds. The number of amides is 1. The second kappa shape index (κ2) is 7.58. The van der Waals surface area contributed by atoms with Gasteiger partial charge in [-0.15, -0.1) is 0 Å². The summed E-state index contributed by atoms with van der Waals surface area (Å²) >= 11 is 5.65. The second-order valence-electron chi connectivity index (χ2n) is 6.14. The van der Waals surface area contributed by atoms with Gasteiger partial charge in [-0.05, 0) is 52.3 Å². The molecule has 1 aromatic rings. The number of ether oxygens (including phenoxy) is 1. The van der Waals surface area contributed by atoms with Crippen LogP contribution in [0, 0.1) is 5.82 Å². The molecule has 4 nitrogen and oxygen atoms in total. The summed E-state index contributed by atoms with van der Waals surface area (Å²) in [6.07, 6.45) is 0.156. The van der Waals surface area contributed by atoms with Crippen LogP contribution in [0.4, 0.5) is 9.18 Å². The molecule has 1 rings (SSSR count). The van der Waals surface area contributed by atoms with E-state index >= 15 is 0 Å². The van der Waals surface area contributed by atoms with Crippen LogP contribution in [0.2, 0.25) is 5.02 Å². The summed E-state index contributed by atoms with van der Waals surface area (Å²) in [5, 5.41) is 2.59. The highest BCUT2D eigenvalue weighted by atomic mass is 35.5. The zero-order valence-electron chi connectivity index (χ0n) is 13.2. The average molecular weight is 330 g/mol. The largest absolute Gasteiger partial charge is 0.444 e. The molecule has 1 atom stereocenters. The van der Waals surface area contributed by atoms with Gasteiger partial charge in [0.05, 0.1) is 5.02 Å². The highest BCUT2D eigenvalue weighted by Gasteiger charge is 2.18. The lowest BCUT2D eigenvalue weighted by Crippen LogP contribution is -2.37. The van der Waals surface area contributed by atoms with Gasteiger partial charge in [-0.25, -0.2) is 9.18 Å². The number of ketones is 1. The van der Waals surface area contributed by atoms with Gasteiger partial charge < -0.3 is 10.1 Å². The van der Waals surface area contributed by atoms with Gasteiger partial charge in [0.15, 0.2) is 5.78 Å². The average Bonchev–Trinajstić information content (AvgIpc) is 2.36. The van der Waals surface area contributed by atoms with Gasteiger partial charge in [0.25, 0.3) is 0 Å². The van der Waals surface area contributed by atoms with E-state index in [0.717, 1.165) is 6.07 Å². The number of Topliss-reactive ketones (excluding diaryl/α,β-unsaturated/α-hetero) is 1. The summed E-state index contributed by atoms with van der Waals surface area (Å²) in [7, 11) is 0. The fraction of sp³-hybridized carbons (Fsp3) is 0.500. The maximum absolute atomic E-state index is 13.1.